The molecule has 154 valence electrons. The molecule has 6 heteroatoms. The molecule has 1 aliphatic heterocycles. The van der Waals surface area contributed by atoms with Crippen LogP contribution in [0.2, 0.25) is 10.0 Å². The van der Waals surface area contributed by atoms with Crippen molar-refractivity contribution in [1.82, 2.24) is 5.32 Å². The van der Waals surface area contributed by atoms with Crippen molar-refractivity contribution in [3.05, 3.63) is 94.0 Å². The summed E-state index contributed by atoms with van der Waals surface area (Å²) in [5.74, 6) is -0.00931. The van der Waals surface area contributed by atoms with Crippen LogP contribution >= 0.6 is 23.2 Å². The molecule has 0 fully saturated rings. The molecule has 0 bridgehead atoms. The largest absolute Gasteiger partial charge is 0.356 e. The molecule has 1 amide bonds. The summed E-state index contributed by atoms with van der Waals surface area (Å²) >= 11 is 12.1. The zero-order valence-electron chi connectivity index (χ0n) is 16.5. The van der Waals surface area contributed by atoms with Gasteiger partial charge >= 0.3 is 0 Å². The second-order valence-electron chi connectivity index (χ2n) is 7.55. The highest BCUT2D eigenvalue weighted by atomic mass is 35.5. The van der Waals surface area contributed by atoms with Crippen molar-refractivity contribution in [2.24, 2.45) is 0 Å². The van der Waals surface area contributed by atoms with Crippen LogP contribution in [0.3, 0.4) is 0 Å². The van der Waals surface area contributed by atoms with Gasteiger partial charge in [-0.2, -0.15) is 0 Å². The fourth-order valence-corrected chi connectivity index (χ4v) is 4.04. The van der Waals surface area contributed by atoms with Crippen LogP contribution in [0.4, 0.5) is 11.4 Å². The molecule has 1 aliphatic rings. The minimum Gasteiger partial charge on any atom is -0.356 e. The Labute approximate surface area is 186 Å². The molecule has 0 saturated heterocycles. The van der Waals surface area contributed by atoms with Gasteiger partial charge in [-0.25, -0.2) is 0 Å². The number of anilines is 2. The first-order valence-corrected chi connectivity index (χ1v) is 10.7. The van der Waals surface area contributed by atoms with Gasteiger partial charge in [-0.05, 0) is 60.9 Å². The van der Waals surface area contributed by atoms with E-state index in [9.17, 15) is 4.79 Å². The Bertz CT molecular complexity index is 996. The third kappa shape index (κ3) is 4.72. The molecule has 30 heavy (non-hydrogen) atoms. The Morgan fingerprint density at radius 1 is 0.900 bits per heavy atom. The van der Waals surface area contributed by atoms with Gasteiger partial charge < -0.3 is 16.0 Å². The molecule has 0 aliphatic carbocycles. The maximum Gasteiger partial charge on any atom is 0.263 e. The smallest absolute Gasteiger partial charge is 0.263 e. The number of carbonyl (C=O) groups is 1. The van der Waals surface area contributed by atoms with Crippen LogP contribution in [0, 0.1) is 0 Å². The summed E-state index contributed by atoms with van der Waals surface area (Å²) in [5.41, 5.74) is 4.14. The maximum absolute atomic E-state index is 12.9. The van der Waals surface area contributed by atoms with Crippen LogP contribution in [0.25, 0.3) is 0 Å². The Kier molecular flexibility index (Phi) is 6.16. The summed E-state index contributed by atoms with van der Waals surface area (Å²) in [6.07, 6.45) is 0.276. The lowest BCUT2D eigenvalue weighted by atomic mass is 9.86. The Morgan fingerprint density at radius 3 is 2.00 bits per heavy atom. The van der Waals surface area contributed by atoms with Crippen LogP contribution in [-0.2, 0) is 11.2 Å². The first kappa shape index (κ1) is 20.6. The predicted octanol–water partition coefficient (Wildman–Crippen LogP) is 5.69. The molecular formula is C24H23Cl2N3O. The molecule has 0 unspecified atom stereocenters. The molecule has 3 N–H and O–H groups in total. The minimum absolute atomic E-state index is 0.0798. The number of para-hydroxylation sites is 2. The van der Waals surface area contributed by atoms with Crippen molar-refractivity contribution in [3.8, 4) is 0 Å². The SMILES string of the molecule is C[C@@H](NC(=O)C1Nc2ccccc2N1)[C@H](Cc1ccc(Cl)cc1)c1ccc(Cl)cc1. The van der Waals surface area contributed by atoms with Gasteiger partial charge in [0.25, 0.3) is 5.91 Å². The first-order chi connectivity index (χ1) is 14.5. The van der Waals surface area contributed by atoms with Crippen molar-refractivity contribution in [2.75, 3.05) is 10.6 Å². The van der Waals surface area contributed by atoms with Gasteiger partial charge in [0.2, 0.25) is 0 Å². The molecule has 0 aromatic heterocycles. The molecule has 2 atom stereocenters. The van der Waals surface area contributed by atoms with Gasteiger partial charge in [-0.3, -0.25) is 4.79 Å². The van der Waals surface area contributed by atoms with E-state index in [0.29, 0.717) is 10.0 Å². The Balaban J connectivity index is 1.50. The number of benzene rings is 3. The van der Waals surface area contributed by atoms with Crippen LogP contribution in [0.1, 0.15) is 24.0 Å². The van der Waals surface area contributed by atoms with Gasteiger partial charge in [0.1, 0.15) is 0 Å². The molecule has 4 nitrogen and oxygen atoms in total. The van der Waals surface area contributed by atoms with E-state index in [1.807, 2.05) is 79.7 Å². The third-order valence-corrected chi connectivity index (χ3v) is 5.93. The minimum atomic E-state index is -0.494. The second kappa shape index (κ2) is 8.99. The van der Waals surface area contributed by atoms with Crippen molar-refractivity contribution < 1.29 is 4.79 Å². The van der Waals surface area contributed by atoms with Crippen molar-refractivity contribution in [2.45, 2.75) is 31.5 Å². The van der Waals surface area contributed by atoms with Crippen LogP contribution in [0.5, 0.6) is 0 Å². The van der Waals surface area contributed by atoms with Crippen molar-refractivity contribution in [3.63, 3.8) is 0 Å². The average molecular weight is 440 g/mol. The van der Waals surface area contributed by atoms with E-state index in [2.05, 4.69) is 16.0 Å². The lowest BCUT2D eigenvalue weighted by molar-refractivity contribution is -0.122. The fraction of sp³-hybridized carbons (Fsp3) is 0.208. The molecule has 0 spiro atoms. The van der Waals surface area contributed by atoms with E-state index in [4.69, 9.17) is 23.2 Å². The van der Waals surface area contributed by atoms with E-state index < -0.39 is 6.17 Å². The summed E-state index contributed by atoms with van der Waals surface area (Å²) < 4.78 is 0. The van der Waals surface area contributed by atoms with Crippen LogP contribution < -0.4 is 16.0 Å². The van der Waals surface area contributed by atoms with E-state index >= 15 is 0 Å². The van der Waals surface area contributed by atoms with Crippen molar-refractivity contribution >= 4 is 40.5 Å². The van der Waals surface area contributed by atoms with Crippen LogP contribution in [-0.4, -0.2) is 18.1 Å². The monoisotopic (exact) mass is 439 g/mol. The van der Waals surface area contributed by atoms with Crippen molar-refractivity contribution in [1.29, 1.82) is 0 Å². The molecule has 3 aromatic rings. The number of carbonyl (C=O) groups excluding carboxylic acids is 1. The maximum atomic E-state index is 12.9. The Hall–Kier alpha value is -2.69. The summed E-state index contributed by atoms with van der Waals surface area (Å²) in [5, 5.41) is 11.0. The summed E-state index contributed by atoms with van der Waals surface area (Å²) in [6, 6.07) is 23.3. The fourth-order valence-electron chi connectivity index (χ4n) is 3.79. The van der Waals surface area contributed by atoms with E-state index in [1.54, 1.807) is 0 Å². The van der Waals surface area contributed by atoms with Gasteiger partial charge in [0.15, 0.2) is 6.17 Å². The number of rotatable bonds is 6. The number of hydrogen-bond acceptors (Lipinski definition) is 3. The summed E-state index contributed by atoms with van der Waals surface area (Å²) in [7, 11) is 0. The molecular weight excluding hydrogens is 417 g/mol. The standard InChI is InChI=1S/C24H23Cl2N3O/c1-15(27-24(30)23-28-21-4-2-3-5-22(21)29-23)20(17-8-12-19(26)13-9-17)14-16-6-10-18(25)11-7-16/h2-13,15,20,23,28-29H,14H2,1H3,(H,27,30)/t15-,20+/m1/s1. The number of fused-ring (bicyclic) bond motifs is 1. The predicted molar refractivity (Wildman–Crippen MR) is 124 cm³/mol. The number of hydrogen-bond donors (Lipinski definition) is 3. The highest BCUT2D eigenvalue weighted by Gasteiger charge is 2.29. The van der Waals surface area contributed by atoms with E-state index in [0.717, 1.165) is 28.9 Å². The summed E-state index contributed by atoms with van der Waals surface area (Å²) in [6.45, 7) is 2.04. The lowest BCUT2D eigenvalue weighted by Crippen LogP contribution is -2.47. The highest BCUT2D eigenvalue weighted by molar-refractivity contribution is 6.30. The van der Waals surface area contributed by atoms with Crippen LogP contribution in [0.15, 0.2) is 72.8 Å². The Morgan fingerprint density at radius 2 is 1.43 bits per heavy atom. The zero-order chi connectivity index (χ0) is 21.1. The number of nitrogens with one attached hydrogen (secondary N) is 3. The molecule has 3 aromatic carbocycles. The highest BCUT2D eigenvalue weighted by Crippen LogP contribution is 2.29. The normalized spacial score (nSPS) is 14.9. The first-order valence-electron chi connectivity index (χ1n) is 9.92. The second-order valence-corrected chi connectivity index (χ2v) is 8.43. The average Bonchev–Trinajstić information content (AvgIpc) is 3.18. The molecule has 1 heterocycles. The zero-order valence-corrected chi connectivity index (χ0v) is 18.0. The van der Waals surface area contributed by atoms with Gasteiger partial charge in [-0.15, -0.1) is 0 Å². The third-order valence-electron chi connectivity index (χ3n) is 5.43. The van der Waals surface area contributed by atoms with Gasteiger partial charge in [0.05, 0.1) is 11.4 Å². The summed E-state index contributed by atoms with van der Waals surface area (Å²) in [4.78, 5) is 12.9. The number of halogens is 2. The van der Waals surface area contributed by atoms with Gasteiger partial charge in [-0.1, -0.05) is 59.6 Å². The molecule has 4 rings (SSSR count). The molecule has 0 radical (unpaired) electrons. The lowest BCUT2D eigenvalue weighted by Gasteiger charge is -2.27. The van der Waals surface area contributed by atoms with E-state index in [1.165, 1.54) is 0 Å². The number of amides is 1. The molecule has 0 saturated carbocycles. The van der Waals surface area contributed by atoms with E-state index in [-0.39, 0.29) is 17.9 Å². The topological polar surface area (TPSA) is 53.2 Å². The quantitative estimate of drug-likeness (QED) is 0.462. The van der Waals surface area contributed by atoms with Gasteiger partial charge in [0, 0.05) is 22.0 Å².